The first-order valence-corrected chi connectivity index (χ1v) is 8.79. The van der Waals surface area contributed by atoms with E-state index in [0.29, 0.717) is 29.9 Å². The van der Waals surface area contributed by atoms with E-state index in [4.69, 9.17) is 5.11 Å². The maximum atomic E-state index is 12.4. The number of aromatic nitrogens is 2. The van der Waals surface area contributed by atoms with E-state index < -0.39 is 12.0 Å². The van der Waals surface area contributed by atoms with Crippen molar-refractivity contribution >= 4 is 17.8 Å². The van der Waals surface area contributed by atoms with Gasteiger partial charge in [0.15, 0.2) is 0 Å². The Morgan fingerprint density at radius 2 is 1.93 bits per heavy atom. The Morgan fingerprint density at radius 3 is 2.44 bits per heavy atom. The number of carboxylic acids is 1. The second-order valence-electron chi connectivity index (χ2n) is 6.85. The van der Waals surface area contributed by atoms with Crippen LogP contribution >= 0.6 is 0 Å². The van der Waals surface area contributed by atoms with Crippen molar-refractivity contribution in [2.75, 3.05) is 6.54 Å². The molecule has 2 heterocycles. The van der Waals surface area contributed by atoms with Gasteiger partial charge in [-0.1, -0.05) is 0 Å². The normalized spacial score (nSPS) is 16.8. The molecule has 1 aromatic carbocycles. The van der Waals surface area contributed by atoms with Crippen LogP contribution < -0.4 is 5.32 Å². The third-order valence-corrected chi connectivity index (χ3v) is 4.78. The minimum absolute atomic E-state index is 0.0525. The number of hydrogen-bond acceptors (Lipinski definition) is 4. The summed E-state index contributed by atoms with van der Waals surface area (Å²) in [6.07, 6.45) is 1.90. The number of carbonyl (C=O) groups excluding carboxylic acids is 2. The summed E-state index contributed by atoms with van der Waals surface area (Å²) in [5.74, 6) is -1.40. The molecule has 1 fully saturated rings. The molecule has 0 spiro atoms. The topological polar surface area (TPSA) is 105 Å². The minimum atomic E-state index is -1.04. The van der Waals surface area contributed by atoms with Gasteiger partial charge in [0.05, 0.1) is 17.6 Å². The molecule has 8 heteroatoms. The van der Waals surface area contributed by atoms with Gasteiger partial charge in [-0.25, -0.2) is 9.48 Å². The van der Waals surface area contributed by atoms with Crippen molar-refractivity contribution in [3.8, 4) is 5.69 Å². The smallest absolute Gasteiger partial charge is 0.339 e. The van der Waals surface area contributed by atoms with Crippen molar-refractivity contribution < 1.29 is 19.5 Å². The van der Waals surface area contributed by atoms with Crippen LogP contribution in [0.3, 0.4) is 0 Å². The van der Waals surface area contributed by atoms with Crippen molar-refractivity contribution in [3.05, 3.63) is 47.3 Å². The van der Waals surface area contributed by atoms with Gasteiger partial charge in [-0.15, -0.1) is 0 Å². The first-order chi connectivity index (χ1) is 12.8. The number of nitrogens with one attached hydrogen (secondary N) is 1. The first kappa shape index (κ1) is 18.6. The number of carbonyl (C=O) groups is 3. The largest absolute Gasteiger partial charge is 0.478 e. The molecule has 27 heavy (non-hydrogen) atoms. The maximum absolute atomic E-state index is 12.4. The van der Waals surface area contributed by atoms with Crippen molar-refractivity contribution in [2.24, 2.45) is 0 Å². The average Bonchev–Trinajstić information content (AvgIpc) is 3.18. The lowest BCUT2D eigenvalue weighted by Crippen LogP contribution is -2.43. The predicted octanol–water partition coefficient (Wildman–Crippen LogP) is 1.62. The van der Waals surface area contributed by atoms with Crippen molar-refractivity contribution in [1.82, 2.24) is 20.0 Å². The van der Waals surface area contributed by atoms with E-state index in [2.05, 4.69) is 10.4 Å². The molecule has 8 nitrogen and oxygen atoms in total. The van der Waals surface area contributed by atoms with Crippen molar-refractivity contribution in [3.63, 3.8) is 0 Å². The van der Waals surface area contributed by atoms with Gasteiger partial charge in [0.1, 0.15) is 11.6 Å². The summed E-state index contributed by atoms with van der Waals surface area (Å²) >= 11 is 0. The Hall–Kier alpha value is -3.16. The third kappa shape index (κ3) is 3.55. The number of amides is 2. The molecule has 0 bridgehead atoms. The Morgan fingerprint density at radius 1 is 1.26 bits per heavy atom. The second-order valence-corrected chi connectivity index (χ2v) is 6.85. The second kappa shape index (κ2) is 7.22. The Kier molecular flexibility index (Phi) is 4.98. The summed E-state index contributed by atoms with van der Waals surface area (Å²) in [6, 6.07) is 6.27. The molecule has 142 valence electrons. The Labute approximate surface area is 156 Å². The minimum Gasteiger partial charge on any atom is -0.478 e. The average molecular weight is 370 g/mol. The SMILES string of the molecule is Cc1c(C(=O)O)cnn1-c1ccc(C(=O)N[C@@H]2CCN(C(C)C)C2=O)cc1. The molecule has 0 radical (unpaired) electrons. The number of nitrogens with zero attached hydrogens (tertiary/aromatic N) is 3. The monoisotopic (exact) mass is 370 g/mol. The Balaban J connectivity index is 1.71. The molecule has 2 aromatic rings. The van der Waals surface area contributed by atoms with Crippen LogP contribution in [0, 0.1) is 6.92 Å². The number of likely N-dealkylation sites (tertiary alicyclic amines) is 1. The lowest BCUT2D eigenvalue weighted by Gasteiger charge is -2.21. The van der Waals surface area contributed by atoms with Crippen molar-refractivity contribution in [2.45, 2.75) is 39.3 Å². The molecule has 1 aliphatic heterocycles. The number of rotatable bonds is 5. The molecule has 3 rings (SSSR count). The van der Waals surface area contributed by atoms with Crippen LogP contribution in [0.25, 0.3) is 5.69 Å². The van der Waals surface area contributed by atoms with E-state index in [9.17, 15) is 14.4 Å². The van der Waals surface area contributed by atoms with E-state index in [0.717, 1.165) is 0 Å². The summed E-state index contributed by atoms with van der Waals surface area (Å²) in [4.78, 5) is 37.6. The summed E-state index contributed by atoms with van der Waals surface area (Å²) in [7, 11) is 0. The van der Waals surface area contributed by atoms with E-state index in [-0.39, 0.29) is 23.4 Å². The van der Waals surface area contributed by atoms with Gasteiger partial charge in [-0.05, 0) is 51.5 Å². The maximum Gasteiger partial charge on any atom is 0.339 e. The fourth-order valence-electron chi connectivity index (χ4n) is 3.22. The molecule has 0 unspecified atom stereocenters. The fraction of sp³-hybridized carbons (Fsp3) is 0.368. The van der Waals surface area contributed by atoms with Crippen LogP contribution in [0.5, 0.6) is 0 Å². The van der Waals surface area contributed by atoms with Gasteiger partial charge in [0, 0.05) is 18.2 Å². The van der Waals surface area contributed by atoms with Crippen LogP contribution in [0.15, 0.2) is 30.5 Å². The number of carboxylic acid groups (broad SMARTS) is 1. The predicted molar refractivity (Wildman–Crippen MR) is 98.0 cm³/mol. The van der Waals surface area contributed by atoms with Gasteiger partial charge in [-0.3, -0.25) is 9.59 Å². The zero-order chi connectivity index (χ0) is 19.7. The summed E-state index contributed by atoms with van der Waals surface area (Å²) in [6.45, 7) is 6.22. The molecule has 1 aromatic heterocycles. The third-order valence-electron chi connectivity index (χ3n) is 4.78. The quantitative estimate of drug-likeness (QED) is 0.832. The lowest BCUT2D eigenvalue weighted by atomic mass is 10.1. The fourth-order valence-corrected chi connectivity index (χ4v) is 3.22. The lowest BCUT2D eigenvalue weighted by molar-refractivity contribution is -0.130. The molecule has 0 aliphatic carbocycles. The number of aromatic carboxylic acids is 1. The van der Waals surface area contributed by atoms with Gasteiger partial charge < -0.3 is 15.3 Å². The van der Waals surface area contributed by atoms with Gasteiger partial charge in [0.25, 0.3) is 5.91 Å². The summed E-state index contributed by atoms with van der Waals surface area (Å²) in [5.41, 5.74) is 1.72. The van der Waals surface area contributed by atoms with Gasteiger partial charge >= 0.3 is 5.97 Å². The van der Waals surface area contributed by atoms with Crippen LogP contribution in [0.1, 0.15) is 46.7 Å². The zero-order valence-corrected chi connectivity index (χ0v) is 15.5. The van der Waals surface area contributed by atoms with Crippen LogP contribution in [0.2, 0.25) is 0 Å². The van der Waals surface area contributed by atoms with Crippen molar-refractivity contribution in [1.29, 1.82) is 0 Å². The standard InChI is InChI=1S/C19H22N4O4/c1-11(2)22-9-8-16(18(22)25)21-17(24)13-4-6-14(7-5-13)23-12(3)15(10-20-23)19(26)27/h4-7,10-11,16H,8-9H2,1-3H3,(H,21,24)(H,26,27)/t16-/m1/s1. The molecule has 1 aliphatic rings. The highest BCUT2D eigenvalue weighted by atomic mass is 16.4. The van der Waals surface area contributed by atoms with Gasteiger partial charge in [-0.2, -0.15) is 5.10 Å². The molecular weight excluding hydrogens is 348 g/mol. The van der Waals surface area contributed by atoms with E-state index in [1.54, 1.807) is 36.1 Å². The summed E-state index contributed by atoms with van der Waals surface area (Å²) < 4.78 is 1.51. The summed E-state index contributed by atoms with van der Waals surface area (Å²) in [5, 5.41) is 16.0. The highest BCUT2D eigenvalue weighted by Crippen LogP contribution is 2.17. The molecular formula is C19H22N4O4. The molecule has 1 saturated heterocycles. The first-order valence-electron chi connectivity index (χ1n) is 8.79. The van der Waals surface area contributed by atoms with Crippen LogP contribution in [-0.4, -0.2) is 56.2 Å². The highest BCUT2D eigenvalue weighted by Gasteiger charge is 2.34. The zero-order valence-electron chi connectivity index (χ0n) is 15.5. The van der Waals surface area contributed by atoms with E-state index in [1.165, 1.54) is 10.9 Å². The highest BCUT2D eigenvalue weighted by molar-refractivity contribution is 5.98. The molecule has 2 N–H and O–H groups in total. The van der Waals surface area contributed by atoms with Crippen LogP contribution in [0.4, 0.5) is 0 Å². The number of hydrogen-bond donors (Lipinski definition) is 2. The number of benzene rings is 1. The van der Waals surface area contributed by atoms with E-state index >= 15 is 0 Å². The molecule has 1 atom stereocenters. The van der Waals surface area contributed by atoms with Gasteiger partial charge in [0.2, 0.25) is 5.91 Å². The Bertz CT molecular complexity index is 886. The van der Waals surface area contributed by atoms with E-state index in [1.807, 2.05) is 13.8 Å². The molecule has 2 amide bonds. The van der Waals surface area contributed by atoms with Crippen LogP contribution in [-0.2, 0) is 4.79 Å². The molecule has 0 saturated carbocycles.